The van der Waals surface area contributed by atoms with Gasteiger partial charge in [0.1, 0.15) is 66.7 Å². The summed E-state index contributed by atoms with van der Waals surface area (Å²) in [6.07, 6.45) is -14.7. The first-order valence-corrected chi connectivity index (χ1v) is 19.7. The van der Waals surface area contributed by atoms with Crippen molar-refractivity contribution < 1.29 is 71.6 Å². The molecule has 0 amide bonds. The van der Waals surface area contributed by atoms with Crippen molar-refractivity contribution in [2.24, 2.45) is 0 Å². The zero-order valence-electron chi connectivity index (χ0n) is 29.3. The van der Waals surface area contributed by atoms with E-state index in [2.05, 4.69) is 15.0 Å². The fourth-order valence-electron chi connectivity index (χ4n) is 6.22. The molecule has 3 fully saturated rings. The number of hydrogen-bond acceptors (Lipinski definition) is 21. The summed E-state index contributed by atoms with van der Waals surface area (Å²) in [6.45, 7) is -1.35. The number of nitrogens with two attached hydrogens (primary N) is 2. The van der Waals surface area contributed by atoms with Gasteiger partial charge in [-0.15, -0.1) is 0 Å². The number of H-pyrrole nitrogens is 1. The van der Waals surface area contributed by atoms with E-state index in [1.165, 1.54) is 19.1 Å². The highest BCUT2D eigenvalue weighted by Crippen LogP contribution is 2.52. The van der Waals surface area contributed by atoms with E-state index in [4.69, 9.17) is 43.8 Å². The number of ether oxygens (including phenoxy) is 3. The number of phosphoric ester groups is 2. The summed E-state index contributed by atoms with van der Waals surface area (Å²) in [4.78, 5) is 79.7. The molecule has 6 rings (SSSR count). The average Bonchev–Trinajstić information content (AvgIpc) is 3.76. The zero-order valence-corrected chi connectivity index (χ0v) is 31.1. The van der Waals surface area contributed by atoms with Crippen molar-refractivity contribution in [2.45, 2.75) is 80.9 Å². The van der Waals surface area contributed by atoms with Gasteiger partial charge < -0.3 is 55.9 Å². The zero-order chi connectivity index (χ0) is 41.6. The van der Waals surface area contributed by atoms with E-state index in [1.54, 1.807) is 0 Å². The second-order valence-corrected chi connectivity index (χ2v) is 15.8. The summed E-state index contributed by atoms with van der Waals surface area (Å²) >= 11 is 0. The largest absolute Gasteiger partial charge is 0.472 e. The molecule has 3 aliphatic rings. The smallest absolute Gasteiger partial charge is 0.394 e. The summed E-state index contributed by atoms with van der Waals surface area (Å²) in [5.74, 6) is -0.272. The number of nitrogens with zero attached hydrogens (tertiary/aromatic N) is 5. The first-order valence-electron chi connectivity index (χ1n) is 16.7. The molecule has 3 aromatic heterocycles. The maximum absolute atomic E-state index is 13.2. The minimum atomic E-state index is -5.28. The Morgan fingerprint density at radius 3 is 1.93 bits per heavy atom. The Bertz CT molecular complexity index is 2290. The van der Waals surface area contributed by atoms with Gasteiger partial charge in [-0.05, 0) is 19.1 Å². The number of aliphatic hydroxyl groups is 4. The van der Waals surface area contributed by atoms with Gasteiger partial charge in [-0.3, -0.25) is 41.6 Å². The molecular formula is C28H38N8O19P2. The predicted molar refractivity (Wildman–Crippen MR) is 185 cm³/mol. The standard InChI is InChI=1S/C28H38N8O19P2/c1-11-7-36(28(44)33-23(11)41)18-6-12(54-56(45,46)50-10-15-19(38)20(39)24(53-15)34-4-2-16(29)31-26(34)42)14(51-18)9-49-57(47,48)55-22-13(8-37)52-25(21(22)40)35-5-3-17(30)32-27(35)43/h2-5,7,12-15,18-22,24-25,37-40H,6,8-10H2,1H3,(H,45,46)(H,47,48)(H2,29,31,42)(H2,30,32,43)(H,33,41,44)/t12-,13+,14+,15+,18+,19+,20+,21+,22+,24+,25+/m0/s1. The molecular weight excluding hydrogens is 814 g/mol. The maximum Gasteiger partial charge on any atom is 0.472 e. The van der Waals surface area contributed by atoms with Crippen molar-refractivity contribution in [3.05, 3.63) is 78.1 Å². The third-order valence-corrected chi connectivity index (χ3v) is 11.0. The lowest BCUT2D eigenvalue weighted by atomic mass is 10.1. The van der Waals surface area contributed by atoms with Gasteiger partial charge in [-0.2, -0.15) is 9.97 Å². The Kier molecular flexibility index (Phi) is 12.5. The van der Waals surface area contributed by atoms with Gasteiger partial charge in [0, 0.05) is 30.6 Å². The highest BCUT2D eigenvalue weighted by molar-refractivity contribution is 7.47. The Labute approximate surface area is 317 Å². The van der Waals surface area contributed by atoms with E-state index in [0.29, 0.717) is 0 Å². The van der Waals surface area contributed by atoms with Crippen LogP contribution in [0, 0.1) is 6.92 Å². The van der Waals surface area contributed by atoms with Crippen molar-refractivity contribution in [2.75, 3.05) is 31.3 Å². The molecule has 27 nitrogen and oxygen atoms in total. The molecule has 0 bridgehead atoms. The Balaban J connectivity index is 1.15. The summed E-state index contributed by atoms with van der Waals surface area (Å²) in [5.41, 5.74) is 7.49. The molecule has 0 spiro atoms. The lowest BCUT2D eigenvalue weighted by Crippen LogP contribution is -2.37. The van der Waals surface area contributed by atoms with E-state index < -0.39 is 132 Å². The maximum atomic E-state index is 13.2. The number of nitrogens with one attached hydrogen (secondary N) is 1. The molecule has 314 valence electrons. The van der Waals surface area contributed by atoms with Crippen LogP contribution in [0.5, 0.6) is 0 Å². The van der Waals surface area contributed by atoms with Crippen molar-refractivity contribution >= 4 is 27.3 Å². The minimum absolute atomic E-state index is 0.0681. The van der Waals surface area contributed by atoms with Crippen molar-refractivity contribution in [3.8, 4) is 0 Å². The Hall–Kier alpha value is -4.02. The number of rotatable bonds is 14. The number of aryl methyl sites for hydroxylation is 1. The number of aliphatic hydroxyl groups excluding tert-OH is 4. The summed E-state index contributed by atoms with van der Waals surface area (Å²) in [7, 11) is -10.5. The summed E-state index contributed by atoms with van der Waals surface area (Å²) in [6, 6.07) is 2.44. The molecule has 2 unspecified atom stereocenters. The highest BCUT2D eigenvalue weighted by Gasteiger charge is 2.50. The first kappa shape index (κ1) is 42.6. The lowest BCUT2D eigenvalue weighted by Gasteiger charge is -2.25. The number of phosphoric acid groups is 2. The van der Waals surface area contributed by atoms with Crippen LogP contribution in [0.4, 0.5) is 11.6 Å². The molecule has 0 saturated carbocycles. The summed E-state index contributed by atoms with van der Waals surface area (Å²) in [5, 5.41) is 41.8. The monoisotopic (exact) mass is 852 g/mol. The van der Waals surface area contributed by atoms with Gasteiger partial charge in [0.25, 0.3) is 5.56 Å². The van der Waals surface area contributed by atoms with Crippen LogP contribution in [0.25, 0.3) is 0 Å². The van der Waals surface area contributed by atoms with E-state index in [9.17, 15) is 58.5 Å². The van der Waals surface area contributed by atoms with Crippen LogP contribution in [-0.2, 0) is 41.4 Å². The predicted octanol–water partition coefficient (Wildman–Crippen LogP) is -4.32. The van der Waals surface area contributed by atoms with E-state index in [1.807, 2.05) is 0 Å². The molecule has 3 saturated heterocycles. The van der Waals surface area contributed by atoms with Crippen LogP contribution >= 0.6 is 15.6 Å². The second-order valence-electron chi connectivity index (χ2n) is 13.0. The fourth-order valence-corrected chi connectivity index (χ4v) is 8.14. The van der Waals surface area contributed by atoms with Gasteiger partial charge in [-0.25, -0.2) is 23.5 Å². The molecule has 6 heterocycles. The fraction of sp³-hybridized carbons (Fsp3) is 0.571. The van der Waals surface area contributed by atoms with Crippen molar-refractivity contribution in [3.63, 3.8) is 0 Å². The molecule has 11 N–H and O–H groups in total. The molecule has 0 aromatic carbocycles. The number of hydrogen-bond donors (Lipinski definition) is 9. The molecule has 57 heavy (non-hydrogen) atoms. The van der Waals surface area contributed by atoms with Crippen LogP contribution in [-0.4, -0.2) is 128 Å². The molecule has 0 aliphatic carbocycles. The van der Waals surface area contributed by atoms with Crippen LogP contribution in [0.15, 0.2) is 49.9 Å². The second kappa shape index (κ2) is 16.7. The number of nitrogen functional groups attached to an aromatic ring is 2. The quantitative estimate of drug-likeness (QED) is 0.0692. The highest BCUT2D eigenvalue weighted by atomic mass is 31.2. The van der Waals surface area contributed by atoms with Crippen LogP contribution < -0.4 is 34.1 Å². The van der Waals surface area contributed by atoms with E-state index in [-0.39, 0.29) is 17.2 Å². The topological polar surface area (TPSA) is 397 Å². The number of anilines is 2. The number of aromatic nitrogens is 6. The molecule has 3 aliphatic heterocycles. The SMILES string of the molecule is Cc1cn([C@H]2C[C@H](OP(=O)(O)OC[C@H]3O[C@@H](n4ccc(N)nc4=O)[C@H](O)[C@@H]3O)[C@@H](COP(=O)(O)O[C@H]3[C@@H](O)[C@H](n4ccc(N)nc4=O)O[C@@H]3CO)O2)c(=O)[nH]c1=O. The first-order chi connectivity index (χ1) is 26.8. The minimum Gasteiger partial charge on any atom is -0.394 e. The number of aromatic amines is 1. The third-order valence-electron chi connectivity index (χ3n) is 9.04. The normalized spacial score (nSPS) is 32.3. The van der Waals surface area contributed by atoms with Gasteiger partial charge >= 0.3 is 32.7 Å². The molecule has 29 heteroatoms. The van der Waals surface area contributed by atoms with E-state index >= 15 is 0 Å². The van der Waals surface area contributed by atoms with Gasteiger partial charge in [-0.1, -0.05) is 0 Å². The Morgan fingerprint density at radius 1 is 0.807 bits per heavy atom. The average molecular weight is 853 g/mol. The van der Waals surface area contributed by atoms with Gasteiger partial charge in [0.05, 0.1) is 19.8 Å². The molecule has 0 radical (unpaired) electrons. The van der Waals surface area contributed by atoms with Crippen LogP contribution in [0.2, 0.25) is 0 Å². The lowest BCUT2D eigenvalue weighted by molar-refractivity contribution is -0.0639. The van der Waals surface area contributed by atoms with E-state index in [0.717, 1.165) is 32.3 Å². The van der Waals surface area contributed by atoms with Crippen LogP contribution in [0.1, 0.15) is 30.7 Å². The third kappa shape index (κ3) is 9.33. The van der Waals surface area contributed by atoms with Crippen molar-refractivity contribution in [1.29, 1.82) is 0 Å². The van der Waals surface area contributed by atoms with Gasteiger partial charge in [0.15, 0.2) is 12.5 Å². The Morgan fingerprint density at radius 2 is 1.35 bits per heavy atom. The summed E-state index contributed by atoms with van der Waals surface area (Å²) < 4.78 is 66.3. The van der Waals surface area contributed by atoms with Crippen molar-refractivity contribution in [1.82, 2.24) is 28.7 Å². The molecule has 13 atom stereocenters. The van der Waals surface area contributed by atoms with Gasteiger partial charge in [0.2, 0.25) is 0 Å². The molecule has 3 aromatic rings. The van der Waals surface area contributed by atoms with Crippen LogP contribution in [0.3, 0.4) is 0 Å².